The van der Waals surface area contributed by atoms with Crippen LogP contribution in [0.5, 0.6) is 0 Å². The molecule has 2 rings (SSSR count). The third-order valence-electron chi connectivity index (χ3n) is 2.72. The van der Waals surface area contributed by atoms with Gasteiger partial charge in [-0.15, -0.1) is 22.7 Å². The predicted octanol–water partition coefficient (Wildman–Crippen LogP) is 3.50. The lowest BCUT2D eigenvalue weighted by molar-refractivity contribution is -0.139. The van der Waals surface area contributed by atoms with Crippen LogP contribution < -0.4 is 10.9 Å². The normalized spacial score (nSPS) is 12.2. The highest BCUT2D eigenvalue weighted by Gasteiger charge is 2.13. The molecule has 2 aromatic rings. The first-order valence-electron chi connectivity index (χ1n) is 6.57. The van der Waals surface area contributed by atoms with Gasteiger partial charge in [0.1, 0.15) is 0 Å². The van der Waals surface area contributed by atoms with Gasteiger partial charge in [0.05, 0.1) is 29.9 Å². The third-order valence-corrected chi connectivity index (χ3v) is 5.40. The lowest BCUT2D eigenvalue weighted by Crippen LogP contribution is -2.36. The summed E-state index contributed by atoms with van der Waals surface area (Å²) in [5.41, 5.74) is 5.43. The number of hydrazone groups is 2. The average Bonchev–Trinajstić information content (AvgIpc) is 3.18. The Morgan fingerprint density at radius 3 is 1.50 bits per heavy atom. The van der Waals surface area contributed by atoms with Crippen LogP contribution in [-0.2, 0) is 9.59 Å². The largest absolute Gasteiger partial charge is 0.331 e. The van der Waals surface area contributed by atoms with E-state index in [1.165, 1.54) is 22.7 Å². The smallest absolute Gasteiger partial charge is 0.262 e. The number of amides is 2. The van der Waals surface area contributed by atoms with E-state index in [1.807, 2.05) is 0 Å². The highest BCUT2D eigenvalue weighted by Crippen LogP contribution is 2.22. The number of hydrogen-bond acceptors (Lipinski definition) is 6. The van der Waals surface area contributed by atoms with Gasteiger partial charge in [0, 0.05) is 0 Å². The molecule has 0 aromatic carbocycles. The van der Waals surface area contributed by atoms with Crippen LogP contribution in [0.1, 0.15) is 23.6 Å². The molecule has 0 spiro atoms. The first-order chi connectivity index (χ1) is 11.4. The second-order valence-electron chi connectivity index (χ2n) is 4.48. The van der Waals surface area contributed by atoms with Crippen molar-refractivity contribution in [2.45, 2.75) is 13.8 Å². The molecule has 0 radical (unpaired) electrons. The number of halogens is 2. The molecule has 2 heterocycles. The van der Waals surface area contributed by atoms with Crippen molar-refractivity contribution in [3.8, 4) is 0 Å². The van der Waals surface area contributed by atoms with Crippen LogP contribution in [0.2, 0.25) is 8.67 Å². The van der Waals surface area contributed by atoms with Crippen LogP contribution >= 0.6 is 45.9 Å². The van der Waals surface area contributed by atoms with Crippen molar-refractivity contribution in [1.82, 2.24) is 10.9 Å². The minimum absolute atomic E-state index is 0.543. The second-order valence-corrected chi connectivity index (χ2v) is 7.91. The lowest BCUT2D eigenvalue weighted by Gasteiger charge is -2.01. The van der Waals surface area contributed by atoms with Crippen LogP contribution in [-0.4, -0.2) is 23.2 Å². The Morgan fingerprint density at radius 2 is 1.21 bits per heavy atom. The summed E-state index contributed by atoms with van der Waals surface area (Å²) >= 11 is 14.3. The summed E-state index contributed by atoms with van der Waals surface area (Å²) in [6, 6.07) is 7.00. The van der Waals surface area contributed by atoms with Gasteiger partial charge in [-0.25, -0.2) is 10.9 Å². The monoisotopic (exact) mass is 402 g/mol. The summed E-state index contributed by atoms with van der Waals surface area (Å²) < 4.78 is 1.23. The zero-order valence-electron chi connectivity index (χ0n) is 12.6. The zero-order chi connectivity index (χ0) is 17.7. The zero-order valence-corrected chi connectivity index (χ0v) is 15.7. The van der Waals surface area contributed by atoms with Gasteiger partial charge in [-0.05, 0) is 38.1 Å². The molecular formula is C14H12Cl2N4O2S2. The summed E-state index contributed by atoms with van der Waals surface area (Å²) in [5, 5.41) is 7.72. The number of nitrogens with one attached hydrogen (secondary N) is 2. The van der Waals surface area contributed by atoms with E-state index >= 15 is 0 Å². The molecule has 0 aliphatic heterocycles. The predicted molar refractivity (Wildman–Crippen MR) is 99.4 cm³/mol. The second kappa shape index (κ2) is 8.39. The first-order valence-corrected chi connectivity index (χ1v) is 8.96. The van der Waals surface area contributed by atoms with Crippen molar-refractivity contribution in [3.05, 3.63) is 42.7 Å². The molecule has 2 N–H and O–H groups in total. The van der Waals surface area contributed by atoms with E-state index in [-0.39, 0.29) is 0 Å². The minimum atomic E-state index is -0.919. The van der Waals surface area contributed by atoms with Crippen molar-refractivity contribution < 1.29 is 9.59 Å². The average molecular weight is 403 g/mol. The molecule has 0 saturated heterocycles. The molecule has 0 bridgehead atoms. The van der Waals surface area contributed by atoms with E-state index < -0.39 is 11.8 Å². The summed E-state index contributed by atoms with van der Waals surface area (Å²) in [6.45, 7) is 3.40. The van der Waals surface area contributed by atoms with Gasteiger partial charge in [-0.3, -0.25) is 9.59 Å². The van der Waals surface area contributed by atoms with Gasteiger partial charge >= 0.3 is 11.8 Å². The lowest BCUT2D eigenvalue weighted by atomic mass is 10.3. The minimum Gasteiger partial charge on any atom is -0.262 e. The van der Waals surface area contributed by atoms with Crippen molar-refractivity contribution in [3.63, 3.8) is 0 Å². The number of hydrogen-bond donors (Lipinski definition) is 2. The SMILES string of the molecule is C/C(=N\NC(=O)C(=O)N/N=C(\C)c1ccc(Cl)s1)c1ccc(Cl)s1. The van der Waals surface area contributed by atoms with E-state index in [4.69, 9.17) is 23.2 Å². The van der Waals surface area contributed by atoms with Crippen LogP contribution in [0.4, 0.5) is 0 Å². The molecule has 0 aliphatic carbocycles. The molecule has 0 fully saturated rings. The number of nitrogens with zero attached hydrogens (tertiary/aromatic N) is 2. The highest BCUT2D eigenvalue weighted by molar-refractivity contribution is 7.18. The molecule has 0 aliphatic rings. The molecule has 6 nitrogen and oxygen atoms in total. The maximum Gasteiger partial charge on any atom is 0.331 e. The molecule has 126 valence electrons. The van der Waals surface area contributed by atoms with Gasteiger partial charge in [0.25, 0.3) is 0 Å². The van der Waals surface area contributed by atoms with Gasteiger partial charge in [0.2, 0.25) is 0 Å². The van der Waals surface area contributed by atoms with Gasteiger partial charge in [-0.1, -0.05) is 23.2 Å². The van der Waals surface area contributed by atoms with Gasteiger partial charge in [-0.2, -0.15) is 10.2 Å². The fourth-order valence-corrected chi connectivity index (χ4v) is 3.47. The molecule has 0 saturated carbocycles. The highest BCUT2D eigenvalue weighted by atomic mass is 35.5. The van der Waals surface area contributed by atoms with E-state index in [9.17, 15) is 9.59 Å². The Bertz CT molecular complexity index is 758. The Balaban J connectivity index is 1.91. The maximum atomic E-state index is 11.7. The fourth-order valence-electron chi connectivity index (χ4n) is 1.50. The van der Waals surface area contributed by atoms with Crippen molar-refractivity contribution in [2.75, 3.05) is 0 Å². The number of thiophene rings is 2. The molecule has 2 aromatic heterocycles. The summed E-state index contributed by atoms with van der Waals surface area (Å²) in [5.74, 6) is -1.84. The van der Waals surface area contributed by atoms with Crippen LogP contribution in [0.15, 0.2) is 34.5 Å². The molecule has 0 unspecified atom stereocenters. The van der Waals surface area contributed by atoms with Crippen LogP contribution in [0, 0.1) is 0 Å². The number of rotatable bonds is 4. The van der Waals surface area contributed by atoms with Crippen LogP contribution in [0.25, 0.3) is 0 Å². The molecular weight excluding hydrogens is 391 g/mol. The van der Waals surface area contributed by atoms with Crippen molar-refractivity contribution in [1.29, 1.82) is 0 Å². The van der Waals surface area contributed by atoms with E-state index in [0.717, 1.165) is 9.75 Å². The van der Waals surface area contributed by atoms with Crippen molar-refractivity contribution >= 4 is 69.1 Å². The number of carbonyl (C=O) groups excluding carboxylic acids is 2. The Labute approximate surface area is 156 Å². The standard InChI is InChI=1S/C14H12Cl2N4O2S2/c1-7(9-3-5-11(15)23-9)17-19-13(21)14(22)20-18-8(2)10-4-6-12(16)24-10/h3-6H,1-2H3,(H,19,21)(H,20,22)/b17-7+,18-8+. The quantitative estimate of drug-likeness (QED) is 0.465. The van der Waals surface area contributed by atoms with E-state index in [2.05, 4.69) is 21.1 Å². The van der Waals surface area contributed by atoms with Gasteiger partial charge < -0.3 is 0 Å². The Kier molecular flexibility index (Phi) is 6.50. The Hall–Kier alpha value is -1.74. The van der Waals surface area contributed by atoms with E-state index in [0.29, 0.717) is 20.1 Å². The topological polar surface area (TPSA) is 82.9 Å². The summed E-state index contributed by atoms with van der Waals surface area (Å²) in [7, 11) is 0. The van der Waals surface area contributed by atoms with Gasteiger partial charge in [0.15, 0.2) is 0 Å². The fraction of sp³-hybridized carbons (Fsp3) is 0.143. The molecule has 0 atom stereocenters. The van der Waals surface area contributed by atoms with E-state index in [1.54, 1.807) is 38.1 Å². The first kappa shape index (κ1) is 18.6. The molecule has 10 heteroatoms. The maximum absolute atomic E-state index is 11.7. The summed E-state index contributed by atoms with van der Waals surface area (Å²) in [6.07, 6.45) is 0. The molecule has 24 heavy (non-hydrogen) atoms. The summed E-state index contributed by atoms with van der Waals surface area (Å²) in [4.78, 5) is 25.0. The van der Waals surface area contributed by atoms with Crippen LogP contribution in [0.3, 0.4) is 0 Å². The number of carbonyl (C=O) groups is 2. The molecule has 2 amide bonds. The Morgan fingerprint density at radius 1 is 0.833 bits per heavy atom. The van der Waals surface area contributed by atoms with Crippen molar-refractivity contribution in [2.24, 2.45) is 10.2 Å². The third kappa shape index (κ3) is 5.13.